The number of pyridine rings is 1. The van der Waals surface area contributed by atoms with Crippen molar-refractivity contribution in [2.75, 3.05) is 13.7 Å². The fourth-order valence-corrected chi connectivity index (χ4v) is 2.14. The maximum atomic E-state index is 11.7. The number of carbonyl (C=O) groups excluding carboxylic acids is 1. The van der Waals surface area contributed by atoms with Crippen LogP contribution in [0.1, 0.15) is 22.7 Å². The first-order valence-electron chi connectivity index (χ1n) is 5.62. The summed E-state index contributed by atoms with van der Waals surface area (Å²) in [5.74, 6) is 0.394. The number of esters is 1. The number of hydrogen-bond donors (Lipinski definition) is 1. The standard InChI is InChI=1S/C12H14BrN3O2/c1-18-12(17)11-9-5-4-8(13)7-16(9)10(15-11)3-2-6-14/h4-5,7H,2-3,6,14H2,1H3. The molecule has 0 spiro atoms. The van der Waals surface area contributed by atoms with Crippen molar-refractivity contribution in [3.8, 4) is 0 Å². The first-order chi connectivity index (χ1) is 8.67. The smallest absolute Gasteiger partial charge is 0.358 e. The van der Waals surface area contributed by atoms with Crippen molar-refractivity contribution in [3.63, 3.8) is 0 Å². The van der Waals surface area contributed by atoms with E-state index in [1.165, 1.54) is 7.11 Å². The summed E-state index contributed by atoms with van der Waals surface area (Å²) in [6.07, 6.45) is 3.44. The number of ether oxygens (including phenoxy) is 1. The van der Waals surface area contributed by atoms with Crippen molar-refractivity contribution in [1.82, 2.24) is 9.38 Å². The van der Waals surface area contributed by atoms with Crippen LogP contribution < -0.4 is 5.73 Å². The number of aryl methyl sites for hydroxylation is 1. The predicted molar refractivity (Wildman–Crippen MR) is 71.6 cm³/mol. The van der Waals surface area contributed by atoms with E-state index in [1.54, 1.807) is 0 Å². The van der Waals surface area contributed by atoms with Crippen molar-refractivity contribution in [2.24, 2.45) is 5.73 Å². The van der Waals surface area contributed by atoms with Crippen molar-refractivity contribution < 1.29 is 9.53 Å². The average molecular weight is 312 g/mol. The summed E-state index contributed by atoms with van der Waals surface area (Å²) in [6.45, 7) is 0.594. The molecule has 96 valence electrons. The van der Waals surface area contributed by atoms with E-state index in [1.807, 2.05) is 22.7 Å². The van der Waals surface area contributed by atoms with Crippen molar-refractivity contribution in [3.05, 3.63) is 34.3 Å². The molecule has 0 saturated heterocycles. The van der Waals surface area contributed by atoms with Crippen LogP contribution >= 0.6 is 15.9 Å². The van der Waals surface area contributed by atoms with Crippen molar-refractivity contribution >= 4 is 27.4 Å². The Labute approximate surface area is 113 Å². The summed E-state index contributed by atoms with van der Waals surface area (Å²) >= 11 is 3.41. The average Bonchev–Trinajstić information content (AvgIpc) is 2.73. The molecule has 2 N–H and O–H groups in total. The second-order valence-electron chi connectivity index (χ2n) is 3.86. The fraction of sp³-hybridized carbons (Fsp3) is 0.333. The summed E-state index contributed by atoms with van der Waals surface area (Å²) in [5, 5.41) is 0. The van der Waals surface area contributed by atoms with Gasteiger partial charge in [0, 0.05) is 17.1 Å². The van der Waals surface area contributed by atoms with E-state index in [-0.39, 0.29) is 0 Å². The molecule has 6 heteroatoms. The lowest BCUT2D eigenvalue weighted by Gasteiger charge is -2.00. The maximum Gasteiger partial charge on any atom is 0.358 e. The highest BCUT2D eigenvalue weighted by Gasteiger charge is 2.17. The molecule has 0 aliphatic heterocycles. The second-order valence-corrected chi connectivity index (χ2v) is 4.78. The van der Waals surface area contributed by atoms with E-state index in [0.29, 0.717) is 12.2 Å². The second kappa shape index (κ2) is 5.49. The van der Waals surface area contributed by atoms with Gasteiger partial charge in [0.1, 0.15) is 5.82 Å². The van der Waals surface area contributed by atoms with Crippen LogP contribution in [-0.4, -0.2) is 29.0 Å². The molecular weight excluding hydrogens is 298 g/mol. The number of nitrogens with two attached hydrogens (primary N) is 1. The van der Waals surface area contributed by atoms with Gasteiger partial charge in [-0.1, -0.05) is 0 Å². The number of methoxy groups -OCH3 is 1. The molecule has 0 atom stereocenters. The van der Waals surface area contributed by atoms with Crippen LogP contribution in [0, 0.1) is 0 Å². The van der Waals surface area contributed by atoms with Gasteiger partial charge >= 0.3 is 5.97 Å². The minimum absolute atomic E-state index is 0.344. The van der Waals surface area contributed by atoms with Gasteiger partial charge in [-0.15, -0.1) is 0 Å². The number of nitrogens with zero attached hydrogens (tertiary/aromatic N) is 2. The number of halogens is 1. The normalized spacial score (nSPS) is 10.8. The van der Waals surface area contributed by atoms with Gasteiger partial charge in [0.15, 0.2) is 5.69 Å². The number of imidazole rings is 1. The third kappa shape index (κ3) is 2.39. The highest BCUT2D eigenvalue weighted by Crippen LogP contribution is 2.19. The molecular formula is C12H14BrN3O2. The first-order valence-corrected chi connectivity index (χ1v) is 6.41. The van der Waals surface area contributed by atoms with E-state index in [4.69, 9.17) is 10.5 Å². The topological polar surface area (TPSA) is 69.6 Å². The van der Waals surface area contributed by atoms with E-state index in [2.05, 4.69) is 20.9 Å². The molecule has 2 rings (SSSR count). The summed E-state index contributed by atoms with van der Waals surface area (Å²) < 4.78 is 7.56. The Balaban J connectivity index is 2.55. The molecule has 2 aromatic heterocycles. The van der Waals surface area contributed by atoms with Gasteiger partial charge in [-0.05, 0) is 41.0 Å². The summed E-state index contributed by atoms with van der Waals surface area (Å²) in [6, 6.07) is 3.71. The maximum absolute atomic E-state index is 11.7. The van der Waals surface area contributed by atoms with Gasteiger partial charge in [-0.3, -0.25) is 0 Å². The van der Waals surface area contributed by atoms with Crippen LogP contribution in [0.2, 0.25) is 0 Å². The molecule has 0 amide bonds. The summed E-state index contributed by atoms with van der Waals surface area (Å²) in [4.78, 5) is 16.0. The summed E-state index contributed by atoms with van der Waals surface area (Å²) in [5.41, 5.74) is 6.60. The number of fused-ring (bicyclic) bond motifs is 1. The highest BCUT2D eigenvalue weighted by molar-refractivity contribution is 9.10. The zero-order valence-corrected chi connectivity index (χ0v) is 11.6. The Morgan fingerprint density at radius 3 is 3.00 bits per heavy atom. The molecule has 0 unspecified atom stereocenters. The molecule has 5 nitrogen and oxygen atoms in total. The van der Waals surface area contributed by atoms with Gasteiger partial charge in [-0.25, -0.2) is 9.78 Å². The number of carbonyl (C=O) groups is 1. The van der Waals surface area contributed by atoms with Crippen LogP contribution in [0.15, 0.2) is 22.8 Å². The first kappa shape index (κ1) is 13.0. The van der Waals surface area contributed by atoms with Crippen LogP contribution in [0.4, 0.5) is 0 Å². The molecule has 0 aliphatic carbocycles. The molecule has 0 fully saturated rings. The molecule has 2 aromatic rings. The van der Waals surface area contributed by atoms with E-state index < -0.39 is 5.97 Å². The lowest BCUT2D eigenvalue weighted by Crippen LogP contribution is -2.04. The molecule has 0 aliphatic rings. The molecule has 0 bridgehead atoms. The fourth-order valence-electron chi connectivity index (χ4n) is 1.80. The Hall–Kier alpha value is -1.40. The zero-order chi connectivity index (χ0) is 13.1. The molecule has 18 heavy (non-hydrogen) atoms. The number of rotatable bonds is 4. The minimum Gasteiger partial charge on any atom is -0.464 e. The highest BCUT2D eigenvalue weighted by atomic mass is 79.9. The van der Waals surface area contributed by atoms with Crippen LogP contribution in [0.3, 0.4) is 0 Å². The monoisotopic (exact) mass is 311 g/mol. The van der Waals surface area contributed by atoms with Gasteiger partial charge < -0.3 is 14.9 Å². The largest absolute Gasteiger partial charge is 0.464 e. The van der Waals surface area contributed by atoms with Gasteiger partial charge in [0.05, 0.1) is 12.6 Å². The number of hydrogen-bond acceptors (Lipinski definition) is 4. The van der Waals surface area contributed by atoms with Crippen LogP contribution in [0.5, 0.6) is 0 Å². The Bertz CT molecular complexity index is 580. The van der Waals surface area contributed by atoms with Gasteiger partial charge in [0.2, 0.25) is 0 Å². The lowest BCUT2D eigenvalue weighted by molar-refractivity contribution is 0.0597. The summed E-state index contributed by atoms with van der Waals surface area (Å²) in [7, 11) is 1.35. The molecule has 0 saturated carbocycles. The zero-order valence-electron chi connectivity index (χ0n) is 10.0. The molecule has 2 heterocycles. The SMILES string of the molecule is COC(=O)c1nc(CCCN)n2cc(Br)ccc12. The van der Waals surface area contributed by atoms with E-state index in [9.17, 15) is 4.79 Å². The predicted octanol–water partition coefficient (Wildman–Crippen LogP) is 1.77. The Kier molecular flexibility index (Phi) is 3.98. The van der Waals surface area contributed by atoms with Crippen molar-refractivity contribution in [1.29, 1.82) is 0 Å². The minimum atomic E-state index is -0.422. The lowest BCUT2D eigenvalue weighted by atomic mass is 10.3. The Morgan fingerprint density at radius 2 is 2.33 bits per heavy atom. The molecule has 0 aromatic carbocycles. The third-order valence-corrected chi connectivity index (χ3v) is 3.13. The quantitative estimate of drug-likeness (QED) is 0.874. The van der Waals surface area contributed by atoms with Gasteiger partial charge in [0.25, 0.3) is 0 Å². The van der Waals surface area contributed by atoms with Gasteiger partial charge in [-0.2, -0.15) is 0 Å². The van der Waals surface area contributed by atoms with Crippen LogP contribution in [0.25, 0.3) is 5.52 Å². The van der Waals surface area contributed by atoms with E-state index >= 15 is 0 Å². The van der Waals surface area contributed by atoms with E-state index in [0.717, 1.165) is 28.7 Å². The molecule has 0 radical (unpaired) electrons. The van der Waals surface area contributed by atoms with Crippen LogP contribution in [-0.2, 0) is 11.2 Å². The Morgan fingerprint density at radius 1 is 1.56 bits per heavy atom. The van der Waals surface area contributed by atoms with Crippen molar-refractivity contribution in [2.45, 2.75) is 12.8 Å². The number of aromatic nitrogens is 2. The third-order valence-electron chi connectivity index (χ3n) is 2.66.